The minimum Gasteiger partial charge on any atom is -0.508 e. The van der Waals surface area contributed by atoms with Crippen LogP contribution in [0.2, 0.25) is 0 Å². The first-order valence-electron chi connectivity index (χ1n) is 9.24. The zero-order chi connectivity index (χ0) is 22.1. The van der Waals surface area contributed by atoms with Crippen LogP contribution in [0.3, 0.4) is 0 Å². The number of aromatic carboxylic acids is 1. The Morgan fingerprint density at radius 3 is 2.48 bits per heavy atom. The molecule has 1 atom stereocenters. The van der Waals surface area contributed by atoms with Crippen LogP contribution in [0.25, 0.3) is 0 Å². The van der Waals surface area contributed by atoms with Crippen molar-refractivity contribution in [3.8, 4) is 23.0 Å². The average Bonchev–Trinajstić information content (AvgIpc) is 3.00. The van der Waals surface area contributed by atoms with Crippen LogP contribution in [-0.4, -0.2) is 27.3 Å². The largest absolute Gasteiger partial charge is 0.508 e. The van der Waals surface area contributed by atoms with Crippen molar-refractivity contribution in [1.82, 2.24) is 0 Å². The van der Waals surface area contributed by atoms with E-state index < -0.39 is 29.5 Å². The first kappa shape index (κ1) is 18.9. The van der Waals surface area contributed by atoms with Crippen molar-refractivity contribution in [2.75, 3.05) is 0 Å². The molecule has 0 aromatic heterocycles. The Balaban J connectivity index is 2.00. The van der Waals surface area contributed by atoms with Crippen LogP contribution in [0.4, 0.5) is 0 Å². The molecule has 0 fully saturated rings. The van der Waals surface area contributed by atoms with Gasteiger partial charge in [0.2, 0.25) is 0 Å². The number of carbonyl (C=O) groups excluding carboxylic acids is 1. The lowest BCUT2D eigenvalue weighted by Gasteiger charge is -2.38. The summed E-state index contributed by atoms with van der Waals surface area (Å²) in [4.78, 5) is 25.0. The maximum Gasteiger partial charge on any atom is 0.340 e. The minimum absolute atomic E-state index is 0.0230. The first-order chi connectivity index (χ1) is 14.8. The molecule has 0 radical (unpaired) electrons. The molecule has 5 rings (SSSR count). The number of rotatable bonds is 2. The molecule has 0 saturated carbocycles. The summed E-state index contributed by atoms with van der Waals surface area (Å²) in [6.07, 6.45) is -1.24. The molecule has 1 spiro atoms. The third-order valence-corrected chi connectivity index (χ3v) is 5.54. The van der Waals surface area contributed by atoms with Crippen molar-refractivity contribution >= 4 is 11.9 Å². The van der Waals surface area contributed by atoms with Crippen molar-refractivity contribution in [2.24, 2.45) is 11.5 Å². The SMILES string of the molecule is NC(N)c1c(O)cc(C(=O)O)c2c1Oc1cc(O)ccc1C21OC(=O)c2ccccc21. The van der Waals surface area contributed by atoms with Gasteiger partial charge in [-0.15, -0.1) is 0 Å². The van der Waals surface area contributed by atoms with E-state index in [-0.39, 0.29) is 39.5 Å². The minimum atomic E-state index is -1.71. The molecule has 2 heterocycles. The number of phenolic OH excluding ortho intramolecular Hbond substituents is 2. The van der Waals surface area contributed by atoms with Gasteiger partial charge in [0.1, 0.15) is 23.0 Å². The molecule has 3 aromatic carbocycles. The smallest absolute Gasteiger partial charge is 0.340 e. The van der Waals surface area contributed by atoms with E-state index in [0.717, 1.165) is 6.07 Å². The maximum absolute atomic E-state index is 12.8. The zero-order valence-electron chi connectivity index (χ0n) is 15.8. The number of carboxylic acid groups (broad SMARTS) is 1. The number of fused-ring (bicyclic) bond motifs is 6. The quantitative estimate of drug-likeness (QED) is 0.309. The lowest BCUT2D eigenvalue weighted by Crippen LogP contribution is -2.36. The number of ether oxygens (including phenoxy) is 2. The van der Waals surface area contributed by atoms with Gasteiger partial charge in [0.05, 0.1) is 28.4 Å². The van der Waals surface area contributed by atoms with E-state index in [2.05, 4.69) is 0 Å². The van der Waals surface area contributed by atoms with Gasteiger partial charge in [0, 0.05) is 17.2 Å². The van der Waals surface area contributed by atoms with Crippen LogP contribution in [-0.2, 0) is 10.3 Å². The van der Waals surface area contributed by atoms with E-state index in [0.29, 0.717) is 11.1 Å². The normalized spacial score (nSPS) is 18.2. The fourth-order valence-electron chi connectivity index (χ4n) is 4.34. The second-order valence-electron chi connectivity index (χ2n) is 7.29. The number of aromatic hydroxyl groups is 2. The van der Waals surface area contributed by atoms with Crippen LogP contribution in [0, 0.1) is 0 Å². The van der Waals surface area contributed by atoms with Crippen LogP contribution < -0.4 is 16.2 Å². The fourth-order valence-corrected chi connectivity index (χ4v) is 4.34. The van der Waals surface area contributed by atoms with E-state index in [9.17, 15) is 24.9 Å². The number of esters is 1. The summed E-state index contributed by atoms with van der Waals surface area (Å²) >= 11 is 0. The molecule has 1 unspecified atom stereocenters. The van der Waals surface area contributed by atoms with Gasteiger partial charge in [0.15, 0.2) is 5.60 Å². The molecule has 2 aliphatic heterocycles. The molecule has 0 aliphatic carbocycles. The van der Waals surface area contributed by atoms with Crippen molar-refractivity contribution in [2.45, 2.75) is 11.8 Å². The second kappa shape index (κ2) is 6.21. The zero-order valence-corrected chi connectivity index (χ0v) is 15.8. The first-order valence-corrected chi connectivity index (χ1v) is 9.24. The Morgan fingerprint density at radius 1 is 1.03 bits per heavy atom. The van der Waals surface area contributed by atoms with Gasteiger partial charge >= 0.3 is 11.9 Å². The Labute approximate surface area is 175 Å². The van der Waals surface area contributed by atoms with Gasteiger partial charge in [-0.1, -0.05) is 18.2 Å². The molecular weight excluding hydrogens is 404 g/mol. The Hall–Kier alpha value is -4.08. The number of carbonyl (C=O) groups is 2. The van der Waals surface area contributed by atoms with Crippen LogP contribution in [0.15, 0.2) is 48.5 Å². The van der Waals surface area contributed by atoms with Gasteiger partial charge in [-0.05, 0) is 24.3 Å². The number of nitrogens with two attached hydrogens (primary N) is 2. The molecule has 0 amide bonds. The molecule has 3 aromatic rings. The van der Waals surface area contributed by atoms with Crippen LogP contribution in [0.5, 0.6) is 23.0 Å². The van der Waals surface area contributed by atoms with Gasteiger partial charge < -0.3 is 36.3 Å². The highest BCUT2D eigenvalue weighted by atomic mass is 16.6. The van der Waals surface area contributed by atoms with E-state index in [4.69, 9.17) is 20.9 Å². The van der Waals surface area contributed by atoms with Crippen molar-refractivity contribution in [3.63, 3.8) is 0 Å². The molecular formula is C22H16N2O7. The molecule has 31 heavy (non-hydrogen) atoms. The molecule has 0 saturated heterocycles. The highest BCUT2D eigenvalue weighted by molar-refractivity contribution is 5.99. The lowest BCUT2D eigenvalue weighted by atomic mass is 9.74. The Kier molecular flexibility index (Phi) is 3.79. The molecule has 7 N–H and O–H groups in total. The number of hydrogen-bond acceptors (Lipinski definition) is 8. The van der Waals surface area contributed by atoms with Gasteiger partial charge in [0.25, 0.3) is 0 Å². The van der Waals surface area contributed by atoms with E-state index >= 15 is 0 Å². The van der Waals surface area contributed by atoms with Gasteiger partial charge in [-0.25, -0.2) is 9.59 Å². The summed E-state index contributed by atoms with van der Waals surface area (Å²) in [5, 5.41) is 30.4. The van der Waals surface area contributed by atoms with Gasteiger partial charge in [-0.3, -0.25) is 0 Å². The van der Waals surface area contributed by atoms with Gasteiger partial charge in [-0.2, -0.15) is 0 Å². The Morgan fingerprint density at radius 2 is 1.77 bits per heavy atom. The molecule has 2 aliphatic rings. The number of carboxylic acids is 1. The highest BCUT2D eigenvalue weighted by Gasteiger charge is 2.56. The standard InChI is InChI=1S/C22H16N2O7/c23-19(24)16-14(26)8-11(20(27)28)17-18(16)30-15-7-9(25)5-6-13(15)22(17)12-4-2-1-3-10(12)21(29)31-22/h1-8,19,25-26H,23-24H2,(H,27,28). The topological polar surface area (TPSA) is 165 Å². The predicted molar refractivity (Wildman–Crippen MR) is 106 cm³/mol. The Bertz CT molecular complexity index is 1300. The third kappa shape index (κ3) is 2.38. The van der Waals surface area contributed by atoms with Crippen molar-refractivity contribution in [3.05, 3.63) is 81.9 Å². The summed E-state index contributed by atoms with van der Waals surface area (Å²) < 4.78 is 11.8. The van der Waals surface area contributed by atoms with E-state index in [1.54, 1.807) is 24.3 Å². The van der Waals surface area contributed by atoms with Crippen LogP contribution >= 0.6 is 0 Å². The van der Waals surface area contributed by atoms with Crippen molar-refractivity contribution < 1.29 is 34.4 Å². The van der Waals surface area contributed by atoms with E-state index in [1.165, 1.54) is 18.2 Å². The molecule has 156 valence electrons. The van der Waals surface area contributed by atoms with Crippen LogP contribution in [0.1, 0.15) is 49.1 Å². The third-order valence-electron chi connectivity index (χ3n) is 5.54. The molecule has 9 nitrogen and oxygen atoms in total. The molecule has 0 bridgehead atoms. The number of benzene rings is 3. The summed E-state index contributed by atoms with van der Waals surface area (Å²) in [5.74, 6) is -2.70. The fraction of sp³-hybridized carbons (Fsp3) is 0.0909. The van der Waals surface area contributed by atoms with Crippen molar-refractivity contribution in [1.29, 1.82) is 0 Å². The highest BCUT2D eigenvalue weighted by Crippen LogP contribution is 2.59. The monoisotopic (exact) mass is 420 g/mol. The second-order valence-corrected chi connectivity index (χ2v) is 7.29. The summed E-state index contributed by atoms with van der Waals surface area (Å²) in [6.45, 7) is 0. The average molecular weight is 420 g/mol. The maximum atomic E-state index is 12.8. The number of phenols is 2. The summed E-state index contributed by atoms with van der Waals surface area (Å²) in [6, 6.07) is 11.7. The summed E-state index contributed by atoms with van der Waals surface area (Å²) in [5.41, 5.74) is 10.5. The van der Waals surface area contributed by atoms with E-state index in [1.807, 2.05) is 0 Å². The lowest BCUT2D eigenvalue weighted by molar-refractivity contribution is 0.0214. The predicted octanol–water partition coefficient (Wildman–Crippen LogP) is 2.28. The summed E-state index contributed by atoms with van der Waals surface area (Å²) in [7, 11) is 0. The number of hydrogen-bond donors (Lipinski definition) is 5. The molecule has 9 heteroatoms.